The van der Waals surface area contributed by atoms with E-state index in [0.29, 0.717) is 43.3 Å². The molecule has 2 saturated heterocycles. The molecule has 7 rings (SSSR count). The Bertz CT molecular complexity index is 1830. The highest BCUT2D eigenvalue weighted by Crippen LogP contribution is 2.38. The minimum absolute atomic E-state index is 0.0771. The molecule has 10 heteroatoms. The van der Waals surface area contributed by atoms with Crippen LogP contribution in [0.15, 0.2) is 83.5 Å². The van der Waals surface area contributed by atoms with Crippen LogP contribution in [-0.4, -0.2) is 56.9 Å². The number of benzene rings is 3. The lowest BCUT2D eigenvalue weighted by atomic mass is 9.87. The molecule has 2 unspecified atom stereocenters. The third-order valence-corrected chi connectivity index (χ3v) is 9.44. The van der Waals surface area contributed by atoms with E-state index in [4.69, 9.17) is 14.1 Å². The minimum Gasteiger partial charge on any atom is -0.457 e. The first-order valence-corrected chi connectivity index (χ1v) is 16.0. The Balaban J connectivity index is 1.16. The molecule has 5 aromatic rings. The number of hydrogen-bond acceptors (Lipinski definition) is 8. The van der Waals surface area contributed by atoms with E-state index in [2.05, 4.69) is 22.3 Å². The number of carbonyl (C=O) groups is 2. The van der Waals surface area contributed by atoms with Crippen molar-refractivity contribution in [1.29, 1.82) is 0 Å². The summed E-state index contributed by atoms with van der Waals surface area (Å²) < 4.78 is 12.5. The van der Waals surface area contributed by atoms with Crippen LogP contribution in [0.25, 0.3) is 22.0 Å². The van der Waals surface area contributed by atoms with E-state index >= 15 is 0 Å². The molecule has 2 amide bonds. The molecule has 2 aliphatic heterocycles. The summed E-state index contributed by atoms with van der Waals surface area (Å²) in [5, 5.41) is 10.1. The summed E-state index contributed by atoms with van der Waals surface area (Å²) in [6, 6.07) is 23.7. The Kier molecular flexibility index (Phi) is 7.89. The molecule has 0 radical (unpaired) electrons. The molecule has 4 heterocycles. The van der Waals surface area contributed by atoms with Gasteiger partial charge in [0.2, 0.25) is 17.7 Å². The van der Waals surface area contributed by atoms with Crippen LogP contribution in [0.1, 0.15) is 40.6 Å². The van der Waals surface area contributed by atoms with E-state index in [1.165, 1.54) is 0 Å². The Morgan fingerprint density at radius 2 is 1.80 bits per heavy atom. The van der Waals surface area contributed by atoms with Gasteiger partial charge in [0.05, 0.1) is 11.6 Å². The van der Waals surface area contributed by atoms with Crippen molar-refractivity contribution in [2.75, 3.05) is 20.1 Å². The highest BCUT2D eigenvalue weighted by atomic mass is 32.1. The number of oxazole rings is 1. The van der Waals surface area contributed by atoms with Crippen LogP contribution < -0.4 is 4.74 Å². The topological polar surface area (TPSA) is 102 Å². The van der Waals surface area contributed by atoms with Crippen molar-refractivity contribution < 1.29 is 18.7 Å². The van der Waals surface area contributed by atoms with Gasteiger partial charge in [0, 0.05) is 55.7 Å². The van der Waals surface area contributed by atoms with Crippen molar-refractivity contribution in [2.45, 2.75) is 38.6 Å². The molecule has 0 aliphatic carbocycles. The molecule has 2 aliphatic rings. The number of rotatable bonds is 9. The average Bonchev–Trinajstić information content (AvgIpc) is 3.85. The van der Waals surface area contributed by atoms with Crippen molar-refractivity contribution in [2.24, 2.45) is 5.92 Å². The molecule has 0 N–H and O–H groups in total. The molecule has 0 spiro atoms. The van der Waals surface area contributed by atoms with Crippen LogP contribution in [0, 0.1) is 12.8 Å². The molecule has 45 heavy (non-hydrogen) atoms. The maximum atomic E-state index is 13.1. The summed E-state index contributed by atoms with van der Waals surface area (Å²) in [6.45, 7) is 3.72. The first-order chi connectivity index (χ1) is 21.9. The van der Waals surface area contributed by atoms with Gasteiger partial charge in [0.15, 0.2) is 0 Å². The predicted octanol–water partition coefficient (Wildman–Crippen LogP) is 6.50. The fourth-order valence-electron chi connectivity index (χ4n) is 6.15. The van der Waals surface area contributed by atoms with Crippen LogP contribution in [0.2, 0.25) is 0 Å². The molecular weight excluding hydrogens is 586 g/mol. The summed E-state index contributed by atoms with van der Waals surface area (Å²) in [4.78, 5) is 34.1. The van der Waals surface area contributed by atoms with Crippen molar-refractivity contribution >= 4 is 23.2 Å². The van der Waals surface area contributed by atoms with Crippen molar-refractivity contribution in [3.05, 3.63) is 101 Å². The number of ether oxygens (including phenoxy) is 1. The zero-order valence-corrected chi connectivity index (χ0v) is 26.0. The molecule has 228 valence electrons. The summed E-state index contributed by atoms with van der Waals surface area (Å²) in [5.74, 6) is 1.74. The molecule has 9 nitrogen and oxygen atoms in total. The van der Waals surface area contributed by atoms with E-state index in [-0.39, 0.29) is 23.7 Å². The Morgan fingerprint density at radius 1 is 1.00 bits per heavy atom. The van der Waals surface area contributed by atoms with Crippen LogP contribution >= 0.6 is 11.3 Å². The van der Waals surface area contributed by atoms with Crippen LogP contribution in [0.4, 0.5) is 0 Å². The average molecular weight is 620 g/mol. The van der Waals surface area contributed by atoms with E-state index < -0.39 is 0 Å². The molecule has 2 aromatic heterocycles. The second-order valence-electron chi connectivity index (χ2n) is 11.7. The maximum absolute atomic E-state index is 13.1. The Labute approximate surface area is 265 Å². The van der Waals surface area contributed by atoms with Crippen molar-refractivity contribution in [3.63, 3.8) is 0 Å². The van der Waals surface area contributed by atoms with E-state index in [0.717, 1.165) is 50.9 Å². The quantitative estimate of drug-likeness (QED) is 0.186. The van der Waals surface area contributed by atoms with Gasteiger partial charge in [-0.2, -0.15) is 0 Å². The van der Waals surface area contributed by atoms with Crippen LogP contribution in [-0.2, 0) is 22.6 Å². The number of likely N-dealkylation sites (N-methyl/N-ethyl adjacent to an activating group) is 1. The number of nitrogens with zero attached hydrogens (tertiary/aromatic N) is 5. The van der Waals surface area contributed by atoms with Crippen LogP contribution in [0.3, 0.4) is 0 Å². The fourth-order valence-corrected chi connectivity index (χ4v) is 6.85. The van der Waals surface area contributed by atoms with Crippen molar-refractivity contribution in [1.82, 2.24) is 25.0 Å². The fraction of sp³-hybridized carbons (Fsp3) is 0.286. The van der Waals surface area contributed by atoms with E-state index in [1.807, 2.05) is 79.5 Å². The Hall–Kier alpha value is -4.83. The van der Waals surface area contributed by atoms with Crippen LogP contribution in [0.5, 0.6) is 11.5 Å². The summed E-state index contributed by atoms with van der Waals surface area (Å²) in [7, 11) is 1.84. The normalized spacial score (nSPS) is 18.3. The van der Waals surface area contributed by atoms with Gasteiger partial charge in [-0.3, -0.25) is 9.59 Å². The summed E-state index contributed by atoms with van der Waals surface area (Å²) in [6.07, 6.45) is 3.76. The lowest BCUT2D eigenvalue weighted by Crippen LogP contribution is -2.24. The number of hydrogen-bond donors (Lipinski definition) is 0. The summed E-state index contributed by atoms with van der Waals surface area (Å²) >= 11 is 1.54. The van der Waals surface area contributed by atoms with Gasteiger partial charge in [-0.25, -0.2) is 4.98 Å². The van der Waals surface area contributed by atoms with Gasteiger partial charge in [-0.1, -0.05) is 47.7 Å². The zero-order valence-electron chi connectivity index (χ0n) is 25.2. The van der Waals surface area contributed by atoms with E-state index in [1.54, 1.807) is 22.5 Å². The Morgan fingerprint density at radius 3 is 2.53 bits per heavy atom. The predicted molar refractivity (Wildman–Crippen MR) is 171 cm³/mol. The number of amides is 2. The lowest BCUT2D eigenvalue weighted by molar-refractivity contribution is -0.130. The first kappa shape index (κ1) is 28.9. The third-order valence-electron chi connectivity index (χ3n) is 8.55. The van der Waals surface area contributed by atoms with Crippen molar-refractivity contribution in [3.8, 4) is 33.5 Å². The second-order valence-corrected chi connectivity index (χ2v) is 12.9. The summed E-state index contributed by atoms with van der Waals surface area (Å²) in [5.41, 5.74) is 4.51. The standard InChI is InChI=1S/C35H33N5O4S/c1-22-37-38-34(45-22)24-12-14-27(15-13-24)44-31-18-25(10-11-26(31)19-40-16-6-9-32(40)41)33-36-30(21-43-33)29-20-39(2)35(42)28(29)17-23-7-4-3-5-8-23/h3-5,7-8,10-15,18,21,28-29H,6,9,16-17,19-20H2,1-2H3. The monoisotopic (exact) mass is 619 g/mol. The largest absolute Gasteiger partial charge is 0.457 e. The number of likely N-dealkylation sites (tertiary alicyclic amines) is 2. The van der Waals surface area contributed by atoms with Gasteiger partial charge < -0.3 is 19.0 Å². The first-order valence-electron chi connectivity index (χ1n) is 15.1. The zero-order chi connectivity index (χ0) is 30.9. The highest BCUT2D eigenvalue weighted by molar-refractivity contribution is 7.14. The van der Waals surface area contributed by atoms with Gasteiger partial charge in [-0.15, -0.1) is 10.2 Å². The van der Waals surface area contributed by atoms with Gasteiger partial charge in [0.1, 0.15) is 27.8 Å². The highest BCUT2D eigenvalue weighted by Gasteiger charge is 2.41. The molecule has 2 fully saturated rings. The minimum atomic E-state index is -0.207. The molecule has 0 bridgehead atoms. The smallest absolute Gasteiger partial charge is 0.226 e. The molecule has 0 saturated carbocycles. The lowest BCUT2D eigenvalue weighted by Gasteiger charge is -2.19. The van der Waals surface area contributed by atoms with E-state index in [9.17, 15) is 9.59 Å². The van der Waals surface area contributed by atoms with Gasteiger partial charge >= 0.3 is 0 Å². The molecular formula is C35H33N5O4S. The maximum Gasteiger partial charge on any atom is 0.226 e. The molecule has 2 atom stereocenters. The number of carbonyl (C=O) groups excluding carboxylic acids is 2. The number of aromatic nitrogens is 3. The second kappa shape index (κ2) is 12.3. The SMILES string of the molecule is Cc1nnc(-c2ccc(Oc3cc(-c4nc(C5CN(C)C(=O)C5Cc5ccccc5)co4)ccc3CN3CCCC3=O)cc2)s1. The number of aryl methyl sites for hydroxylation is 1. The third kappa shape index (κ3) is 6.10. The van der Waals surface area contributed by atoms with Gasteiger partial charge in [0.25, 0.3) is 0 Å². The molecule has 3 aromatic carbocycles. The van der Waals surface area contributed by atoms with Gasteiger partial charge in [-0.05, 0) is 61.7 Å².